The molecule has 2 spiro atoms. The van der Waals surface area contributed by atoms with Crippen LogP contribution in [0.2, 0.25) is 0 Å². The van der Waals surface area contributed by atoms with E-state index in [1.54, 1.807) is 0 Å². The molecule has 0 aromatic rings. The highest BCUT2D eigenvalue weighted by Gasteiger charge is 2.85. The molecule has 0 amide bonds. The first-order valence-electron chi connectivity index (χ1n) is 3.93. The summed E-state index contributed by atoms with van der Waals surface area (Å²) in [6, 6.07) is 0. The Morgan fingerprint density at radius 2 is 2.20 bits per heavy atom. The van der Waals surface area contributed by atoms with Crippen molar-refractivity contribution in [3.8, 4) is 0 Å². The van der Waals surface area contributed by atoms with E-state index in [0.29, 0.717) is 10.8 Å². The van der Waals surface area contributed by atoms with Crippen molar-refractivity contribution < 1.29 is 9.90 Å². The Morgan fingerprint density at radius 3 is 2.50 bits per heavy atom. The van der Waals surface area contributed by atoms with E-state index in [4.69, 9.17) is 5.11 Å². The van der Waals surface area contributed by atoms with E-state index in [-0.39, 0.29) is 5.92 Å². The van der Waals surface area contributed by atoms with Crippen molar-refractivity contribution in [1.82, 2.24) is 0 Å². The van der Waals surface area contributed by atoms with Crippen molar-refractivity contribution in [3.63, 3.8) is 0 Å². The average Bonchev–Trinajstić information content (AvgIpc) is 2.66. The highest BCUT2D eigenvalue weighted by Crippen LogP contribution is 2.91. The van der Waals surface area contributed by atoms with Gasteiger partial charge in [0.1, 0.15) is 0 Å². The monoisotopic (exact) mass is 138 g/mol. The summed E-state index contributed by atoms with van der Waals surface area (Å²) in [7, 11) is 0. The van der Waals surface area contributed by atoms with Crippen molar-refractivity contribution in [1.29, 1.82) is 0 Å². The van der Waals surface area contributed by atoms with Gasteiger partial charge in [-0.25, -0.2) is 0 Å². The molecule has 3 aliphatic carbocycles. The molecular formula is C8H10O2. The topological polar surface area (TPSA) is 37.3 Å². The molecular weight excluding hydrogens is 128 g/mol. The summed E-state index contributed by atoms with van der Waals surface area (Å²) in [5.74, 6) is -0.501. The van der Waals surface area contributed by atoms with Crippen LogP contribution in [0, 0.1) is 16.7 Å². The van der Waals surface area contributed by atoms with Crippen LogP contribution in [0.15, 0.2) is 0 Å². The number of aliphatic carboxylic acids is 1. The molecule has 0 saturated heterocycles. The number of rotatable bonds is 1. The fourth-order valence-corrected chi connectivity index (χ4v) is 2.80. The van der Waals surface area contributed by atoms with E-state index in [2.05, 4.69) is 0 Å². The number of fused-ring (bicyclic) bond motifs is 1. The summed E-state index contributed by atoms with van der Waals surface area (Å²) in [5.41, 5.74) is 0.925. The first kappa shape index (κ1) is 5.16. The Labute approximate surface area is 59.2 Å². The van der Waals surface area contributed by atoms with Crippen molar-refractivity contribution >= 4 is 5.97 Å². The van der Waals surface area contributed by atoms with Gasteiger partial charge in [0.2, 0.25) is 0 Å². The maximum atomic E-state index is 10.5. The van der Waals surface area contributed by atoms with Gasteiger partial charge < -0.3 is 5.11 Å². The van der Waals surface area contributed by atoms with Gasteiger partial charge in [-0.1, -0.05) is 0 Å². The van der Waals surface area contributed by atoms with Crippen LogP contribution < -0.4 is 0 Å². The van der Waals surface area contributed by atoms with Crippen LogP contribution in [0.25, 0.3) is 0 Å². The molecule has 0 aromatic carbocycles. The summed E-state index contributed by atoms with van der Waals surface area (Å²) in [4.78, 5) is 10.5. The zero-order valence-corrected chi connectivity index (χ0v) is 5.76. The van der Waals surface area contributed by atoms with Gasteiger partial charge in [0.15, 0.2) is 0 Å². The number of carbonyl (C=O) groups is 1. The fourth-order valence-electron chi connectivity index (χ4n) is 2.80. The standard InChI is InChI=1S/C8H10O2/c9-6(10)5-3-8(5)4-7(8)1-2-7/h5H,1-4H2,(H,9,10)/t5-,8+/m0/s1. The summed E-state index contributed by atoms with van der Waals surface area (Å²) in [6.45, 7) is 0. The molecule has 10 heavy (non-hydrogen) atoms. The van der Waals surface area contributed by atoms with E-state index in [1.807, 2.05) is 0 Å². The Bertz CT molecular complexity index is 229. The quantitative estimate of drug-likeness (QED) is 0.592. The third kappa shape index (κ3) is 0.337. The van der Waals surface area contributed by atoms with Crippen molar-refractivity contribution in [2.45, 2.75) is 25.7 Å². The third-order valence-electron chi connectivity index (χ3n) is 3.81. The number of hydrogen-bond acceptors (Lipinski definition) is 1. The molecule has 0 unspecified atom stereocenters. The number of hydrogen-bond donors (Lipinski definition) is 1. The molecule has 0 aromatic heterocycles. The Hall–Kier alpha value is -0.530. The third-order valence-corrected chi connectivity index (χ3v) is 3.81. The molecule has 3 saturated carbocycles. The molecule has 3 rings (SSSR count). The minimum absolute atomic E-state index is 0.0509. The minimum atomic E-state index is -0.552. The van der Waals surface area contributed by atoms with Gasteiger partial charge >= 0.3 is 5.97 Å². The van der Waals surface area contributed by atoms with E-state index in [9.17, 15) is 4.79 Å². The Morgan fingerprint density at radius 1 is 1.50 bits per heavy atom. The Kier molecular flexibility index (Phi) is 0.529. The SMILES string of the molecule is O=C(O)[C@@H]1C[C@@]12CC21CC1. The van der Waals surface area contributed by atoms with Crippen LogP contribution >= 0.6 is 0 Å². The summed E-state index contributed by atoms with van der Waals surface area (Å²) in [5, 5.41) is 8.69. The van der Waals surface area contributed by atoms with E-state index < -0.39 is 5.97 Å². The van der Waals surface area contributed by atoms with Gasteiger partial charge in [0, 0.05) is 0 Å². The summed E-state index contributed by atoms with van der Waals surface area (Å²) in [6.07, 6.45) is 4.85. The van der Waals surface area contributed by atoms with Gasteiger partial charge in [0.25, 0.3) is 0 Å². The summed E-state index contributed by atoms with van der Waals surface area (Å²) >= 11 is 0. The van der Waals surface area contributed by atoms with Gasteiger partial charge in [-0.15, -0.1) is 0 Å². The lowest BCUT2D eigenvalue weighted by molar-refractivity contribution is -0.139. The second kappa shape index (κ2) is 1.03. The molecule has 54 valence electrons. The van der Waals surface area contributed by atoms with Crippen LogP contribution in [0.1, 0.15) is 25.7 Å². The van der Waals surface area contributed by atoms with Gasteiger partial charge in [-0.3, -0.25) is 4.79 Å². The van der Waals surface area contributed by atoms with Crippen LogP contribution in [0.4, 0.5) is 0 Å². The predicted molar refractivity (Wildman–Crippen MR) is 34.5 cm³/mol. The average molecular weight is 138 g/mol. The second-order valence-corrected chi connectivity index (χ2v) is 4.21. The Balaban J connectivity index is 1.84. The lowest BCUT2D eigenvalue weighted by Gasteiger charge is -1.86. The summed E-state index contributed by atoms with van der Waals surface area (Å²) < 4.78 is 0. The van der Waals surface area contributed by atoms with Crippen LogP contribution in [-0.4, -0.2) is 11.1 Å². The van der Waals surface area contributed by atoms with Crippen molar-refractivity contribution in [3.05, 3.63) is 0 Å². The van der Waals surface area contributed by atoms with Crippen molar-refractivity contribution in [2.75, 3.05) is 0 Å². The molecule has 3 aliphatic rings. The first-order valence-corrected chi connectivity index (χ1v) is 3.93. The van der Waals surface area contributed by atoms with Crippen LogP contribution in [-0.2, 0) is 4.79 Å². The van der Waals surface area contributed by atoms with Crippen LogP contribution in [0.5, 0.6) is 0 Å². The lowest BCUT2D eigenvalue weighted by atomic mass is 10.2. The normalized spacial score (nSPS) is 51.4. The van der Waals surface area contributed by atoms with Crippen LogP contribution in [0.3, 0.4) is 0 Å². The van der Waals surface area contributed by atoms with E-state index >= 15 is 0 Å². The number of carboxylic acid groups (broad SMARTS) is 1. The van der Waals surface area contributed by atoms with Crippen molar-refractivity contribution in [2.24, 2.45) is 16.7 Å². The minimum Gasteiger partial charge on any atom is -0.481 e. The van der Waals surface area contributed by atoms with Gasteiger partial charge in [-0.05, 0) is 36.5 Å². The first-order chi connectivity index (χ1) is 4.70. The molecule has 2 nitrogen and oxygen atoms in total. The predicted octanol–water partition coefficient (Wildman–Crippen LogP) is 1.26. The molecule has 2 atom stereocenters. The van der Waals surface area contributed by atoms with Gasteiger partial charge in [0.05, 0.1) is 5.92 Å². The highest BCUT2D eigenvalue weighted by molar-refractivity contribution is 5.77. The van der Waals surface area contributed by atoms with Gasteiger partial charge in [-0.2, -0.15) is 0 Å². The molecule has 0 aliphatic heterocycles. The molecule has 1 N–H and O–H groups in total. The fraction of sp³-hybridized carbons (Fsp3) is 0.875. The zero-order valence-electron chi connectivity index (χ0n) is 5.76. The lowest BCUT2D eigenvalue weighted by Crippen LogP contribution is -2.00. The van der Waals surface area contributed by atoms with E-state index in [1.165, 1.54) is 19.3 Å². The largest absolute Gasteiger partial charge is 0.481 e. The molecule has 3 fully saturated rings. The van der Waals surface area contributed by atoms with E-state index in [0.717, 1.165) is 6.42 Å². The molecule has 2 heteroatoms. The molecule has 0 bridgehead atoms. The maximum Gasteiger partial charge on any atom is 0.307 e. The maximum absolute atomic E-state index is 10.5. The molecule has 0 heterocycles. The smallest absolute Gasteiger partial charge is 0.307 e. The number of carboxylic acids is 1. The molecule has 0 radical (unpaired) electrons. The second-order valence-electron chi connectivity index (χ2n) is 4.21. The highest BCUT2D eigenvalue weighted by atomic mass is 16.4. The zero-order chi connectivity index (χ0) is 6.98.